The second kappa shape index (κ2) is 6.44. The Balaban J connectivity index is 2.28. The highest BCUT2D eigenvalue weighted by Crippen LogP contribution is 2.28. The van der Waals surface area contributed by atoms with Crippen molar-refractivity contribution in [2.75, 3.05) is 18.6 Å². The number of hydrogen-bond acceptors (Lipinski definition) is 3. The molecule has 0 aromatic rings. The zero-order valence-electron chi connectivity index (χ0n) is 12.2. The largest absolute Gasteiger partial charge is 0.314 e. The van der Waals surface area contributed by atoms with Gasteiger partial charge in [-0.25, -0.2) is 0 Å². The third-order valence-electron chi connectivity index (χ3n) is 3.40. The molecule has 1 saturated heterocycles. The SMILES string of the molecule is CSCCCCNC1CC(C)(C)NC(C)(C)C1. The van der Waals surface area contributed by atoms with Crippen LogP contribution in [0.3, 0.4) is 0 Å². The minimum atomic E-state index is 0.263. The van der Waals surface area contributed by atoms with E-state index < -0.39 is 0 Å². The summed E-state index contributed by atoms with van der Waals surface area (Å²) in [4.78, 5) is 0. The van der Waals surface area contributed by atoms with E-state index in [1.54, 1.807) is 0 Å². The maximum Gasteiger partial charge on any atom is 0.0144 e. The zero-order chi connectivity index (χ0) is 12.9. The van der Waals surface area contributed by atoms with Gasteiger partial charge in [0.1, 0.15) is 0 Å². The Bertz CT molecular complexity index is 210. The number of hydrogen-bond donors (Lipinski definition) is 2. The third-order valence-corrected chi connectivity index (χ3v) is 4.10. The number of nitrogens with one attached hydrogen (secondary N) is 2. The van der Waals surface area contributed by atoms with Gasteiger partial charge in [-0.3, -0.25) is 0 Å². The van der Waals surface area contributed by atoms with Crippen LogP contribution in [0, 0.1) is 0 Å². The summed E-state index contributed by atoms with van der Waals surface area (Å²) < 4.78 is 0. The summed E-state index contributed by atoms with van der Waals surface area (Å²) in [7, 11) is 0. The number of rotatable bonds is 6. The third kappa shape index (κ3) is 6.12. The first kappa shape index (κ1) is 15.3. The van der Waals surface area contributed by atoms with Crippen LogP contribution in [-0.4, -0.2) is 35.7 Å². The summed E-state index contributed by atoms with van der Waals surface area (Å²) >= 11 is 1.95. The van der Waals surface area contributed by atoms with Crippen LogP contribution in [0.1, 0.15) is 53.4 Å². The van der Waals surface area contributed by atoms with Crippen LogP contribution in [0.25, 0.3) is 0 Å². The van der Waals surface area contributed by atoms with Crippen molar-refractivity contribution in [2.24, 2.45) is 0 Å². The topological polar surface area (TPSA) is 24.1 Å². The molecule has 17 heavy (non-hydrogen) atoms. The number of unbranched alkanes of at least 4 members (excludes halogenated alkanes) is 1. The minimum absolute atomic E-state index is 0.263. The van der Waals surface area contributed by atoms with E-state index in [1.807, 2.05) is 11.8 Å². The van der Waals surface area contributed by atoms with Crippen LogP contribution in [-0.2, 0) is 0 Å². The van der Waals surface area contributed by atoms with Crippen molar-refractivity contribution in [1.29, 1.82) is 0 Å². The second-order valence-electron chi connectivity index (χ2n) is 6.65. The van der Waals surface area contributed by atoms with Crippen LogP contribution < -0.4 is 10.6 Å². The molecule has 0 aliphatic carbocycles. The molecule has 3 heteroatoms. The van der Waals surface area contributed by atoms with Gasteiger partial charge < -0.3 is 10.6 Å². The number of piperidine rings is 1. The van der Waals surface area contributed by atoms with Gasteiger partial charge in [0, 0.05) is 17.1 Å². The van der Waals surface area contributed by atoms with E-state index in [1.165, 1.54) is 38.0 Å². The second-order valence-corrected chi connectivity index (χ2v) is 7.64. The fraction of sp³-hybridized carbons (Fsp3) is 1.00. The Hall–Kier alpha value is 0.270. The highest BCUT2D eigenvalue weighted by molar-refractivity contribution is 7.98. The van der Waals surface area contributed by atoms with Crippen molar-refractivity contribution in [1.82, 2.24) is 10.6 Å². The Kier molecular flexibility index (Phi) is 5.81. The Morgan fingerprint density at radius 1 is 1.12 bits per heavy atom. The van der Waals surface area contributed by atoms with E-state index in [9.17, 15) is 0 Å². The van der Waals surface area contributed by atoms with Gasteiger partial charge in [-0.15, -0.1) is 0 Å². The zero-order valence-corrected chi connectivity index (χ0v) is 13.0. The Morgan fingerprint density at radius 3 is 2.24 bits per heavy atom. The minimum Gasteiger partial charge on any atom is -0.314 e. The van der Waals surface area contributed by atoms with E-state index in [2.05, 4.69) is 44.6 Å². The molecule has 0 spiro atoms. The first-order valence-electron chi connectivity index (χ1n) is 6.86. The first-order valence-corrected chi connectivity index (χ1v) is 8.26. The predicted octanol–water partition coefficient (Wildman–Crippen LogP) is 3.03. The van der Waals surface area contributed by atoms with Crippen molar-refractivity contribution in [3.05, 3.63) is 0 Å². The fourth-order valence-corrected chi connectivity index (χ4v) is 3.64. The molecule has 1 aliphatic heterocycles. The molecule has 1 rings (SSSR count). The maximum absolute atomic E-state index is 3.74. The Morgan fingerprint density at radius 2 is 1.71 bits per heavy atom. The van der Waals surface area contributed by atoms with Crippen LogP contribution in [0.4, 0.5) is 0 Å². The fourth-order valence-electron chi connectivity index (χ4n) is 3.14. The van der Waals surface area contributed by atoms with Crippen LogP contribution in [0.5, 0.6) is 0 Å². The van der Waals surface area contributed by atoms with Gasteiger partial charge in [-0.05, 0) is 71.9 Å². The van der Waals surface area contributed by atoms with Crippen molar-refractivity contribution in [3.8, 4) is 0 Å². The molecule has 0 saturated carbocycles. The summed E-state index contributed by atoms with van der Waals surface area (Å²) in [6, 6.07) is 0.676. The molecule has 1 aliphatic rings. The van der Waals surface area contributed by atoms with Gasteiger partial charge >= 0.3 is 0 Å². The molecule has 2 nitrogen and oxygen atoms in total. The van der Waals surface area contributed by atoms with Crippen LogP contribution in [0.2, 0.25) is 0 Å². The van der Waals surface area contributed by atoms with E-state index in [-0.39, 0.29) is 11.1 Å². The standard InChI is InChI=1S/C14H30N2S/c1-13(2)10-12(11-14(3,4)16-13)15-8-6-7-9-17-5/h12,15-16H,6-11H2,1-5H3. The average Bonchev–Trinajstić information content (AvgIpc) is 2.12. The molecule has 0 aromatic carbocycles. The van der Waals surface area contributed by atoms with E-state index >= 15 is 0 Å². The molecule has 1 heterocycles. The molecule has 0 amide bonds. The maximum atomic E-state index is 3.74. The lowest BCUT2D eigenvalue weighted by molar-refractivity contribution is 0.146. The highest BCUT2D eigenvalue weighted by Gasteiger charge is 2.37. The van der Waals surface area contributed by atoms with Crippen molar-refractivity contribution in [2.45, 2.75) is 70.5 Å². The molecule has 0 atom stereocenters. The van der Waals surface area contributed by atoms with E-state index in [0.29, 0.717) is 6.04 Å². The quantitative estimate of drug-likeness (QED) is 0.716. The molecule has 1 fully saturated rings. The van der Waals surface area contributed by atoms with Crippen LogP contribution in [0.15, 0.2) is 0 Å². The molecule has 0 radical (unpaired) electrons. The lowest BCUT2D eigenvalue weighted by Gasteiger charge is -2.46. The van der Waals surface area contributed by atoms with Gasteiger partial charge in [-0.2, -0.15) is 11.8 Å². The van der Waals surface area contributed by atoms with Gasteiger partial charge in [0.2, 0.25) is 0 Å². The van der Waals surface area contributed by atoms with E-state index in [4.69, 9.17) is 0 Å². The summed E-state index contributed by atoms with van der Waals surface area (Å²) in [5, 5.41) is 7.47. The van der Waals surface area contributed by atoms with Crippen molar-refractivity contribution >= 4 is 11.8 Å². The molecule has 0 bridgehead atoms. The van der Waals surface area contributed by atoms with Crippen molar-refractivity contribution in [3.63, 3.8) is 0 Å². The molecule has 0 unspecified atom stereocenters. The van der Waals surface area contributed by atoms with Gasteiger partial charge in [0.25, 0.3) is 0 Å². The normalized spacial score (nSPS) is 23.8. The summed E-state index contributed by atoms with van der Waals surface area (Å²) in [5.41, 5.74) is 0.525. The lowest BCUT2D eigenvalue weighted by atomic mass is 9.79. The molecule has 2 N–H and O–H groups in total. The monoisotopic (exact) mass is 258 g/mol. The summed E-state index contributed by atoms with van der Waals surface area (Å²) in [5.74, 6) is 1.30. The first-order chi connectivity index (χ1) is 7.85. The van der Waals surface area contributed by atoms with Crippen LogP contribution >= 0.6 is 11.8 Å². The van der Waals surface area contributed by atoms with Gasteiger partial charge in [0.15, 0.2) is 0 Å². The van der Waals surface area contributed by atoms with Crippen molar-refractivity contribution < 1.29 is 0 Å². The lowest BCUT2D eigenvalue weighted by Crippen LogP contribution is -2.61. The Labute approximate surface area is 112 Å². The average molecular weight is 258 g/mol. The molecular formula is C14H30N2S. The predicted molar refractivity (Wildman–Crippen MR) is 79.9 cm³/mol. The summed E-state index contributed by atoms with van der Waals surface area (Å²) in [6.07, 6.45) is 7.31. The van der Waals surface area contributed by atoms with E-state index in [0.717, 1.165) is 0 Å². The molecule has 0 aromatic heterocycles. The van der Waals surface area contributed by atoms with Gasteiger partial charge in [-0.1, -0.05) is 0 Å². The summed E-state index contributed by atoms with van der Waals surface area (Å²) in [6.45, 7) is 10.4. The smallest absolute Gasteiger partial charge is 0.0144 e. The molecular weight excluding hydrogens is 228 g/mol. The highest BCUT2D eigenvalue weighted by atomic mass is 32.2. The van der Waals surface area contributed by atoms with Gasteiger partial charge in [0.05, 0.1) is 0 Å². The molecule has 102 valence electrons. The number of thioether (sulfide) groups is 1.